The molecule has 0 saturated carbocycles. The normalized spacial score (nSPS) is 20.7. The summed E-state index contributed by atoms with van der Waals surface area (Å²) in [6.07, 6.45) is 6.04. The van der Waals surface area contributed by atoms with Gasteiger partial charge in [0.15, 0.2) is 0 Å². The van der Waals surface area contributed by atoms with Crippen LogP contribution >= 0.6 is 0 Å². The van der Waals surface area contributed by atoms with Gasteiger partial charge in [0.2, 0.25) is 17.6 Å². The van der Waals surface area contributed by atoms with Crippen LogP contribution in [0.1, 0.15) is 38.0 Å². The van der Waals surface area contributed by atoms with Crippen LogP contribution in [0.3, 0.4) is 0 Å². The van der Waals surface area contributed by atoms with E-state index in [1.807, 2.05) is 24.3 Å². The number of benzene rings is 1. The summed E-state index contributed by atoms with van der Waals surface area (Å²) < 4.78 is 11.2. The number of ether oxygens (including phenoxy) is 1. The molecule has 2 aliphatic rings. The molecular weight excluding hydrogens is 356 g/mol. The van der Waals surface area contributed by atoms with Crippen LogP contribution < -0.4 is 10.1 Å². The predicted molar refractivity (Wildman–Crippen MR) is 105 cm³/mol. The number of hydrogen-bond donors (Lipinski definition) is 1. The van der Waals surface area contributed by atoms with Crippen molar-refractivity contribution in [2.75, 3.05) is 32.8 Å². The molecule has 3 heterocycles. The molecule has 4 rings (SSSR count). The third-order valence-corrected chi connectivity index (χ3v) is 5.53. The van der Waals surface area contributed by atoms with Crippen LogP contribution in [0.2, 0.25) is 0 Å². The van der Waals surface area contributed by atoms with Gasteiger partial charge < -0.3 is 14.6 Å². The average molecular weight is 384 g/mol. The summed E-state index contributed by atoms with van der Waals surface area (Å²) in [4.78, 5) is 19.0. The van der Waals surface area contributed by atoms with Crippen molar-refractivity contribution in [3.8, 4) is 17.1 Å². The lowest BCUT2D eigenvalue weighted by atomic mass is 9.99. The number of carbonyl (C=O) groups excluding carboxylic acids is 1. The molecule has 1 N–H and O–H groups in total. The van der Waals surface area contributed by atoms with E-state index in [1.54, 1.807) is 0 Å². The second-order valence-electron chi connectivity index (χ2n) is 7.62. The number of hydrogen-bond acceptors (Lipinski definition) is 6. The minimum atomic E-state index is -0.0813. The zero-order chi connectivity index (χ0) is 19.2. The van der Waals surface area contributed by atoms with Crippen molar-refractivity contribution >= 4 is 5.91 Å². The molecule has 7 heteroatoms. The third-order valence-electron chi connectivity index (χ3n) is 5.53. The van der Waals surface area contributed by atoms with E-state index in [4.69, 9.17) is 9.26 Å². The SMILES string of the molecule is O=C1NCCCCC1Cc1nc(-c2ccc(OCCN3CCCC3)cc2)no1. The van der Waals surface area contributed by atoms with Gasteiger partial charge in [0.05, 0.1) is 0 Å². The van der Waals surface area contributed by atoms with Crippen molar-refractivity contribution < 1.29 is 14.1 Å². The van der Waals surface area contributed by atoms with E-state index < -0.39 is 0 Å². The summed E-state index contributed by atoms with van der Waals surface area (Å²) >= 11 is 0. The van der Waals surface area contributed by atoms with Crippen LogP contribution in [0.25, 0.3) is 11.4 Å². The smallest absolute Gasteiger partial charge is 0.227 e. The first-order valence-electron chi connectivity index (χ1n) is 10.3. The molecule has 2 fully saturated rings. The molecule has 0 spiro atoms. The van der Waals surface area contributed by atoms with Crippen molar-refractivity contribution in [2.45, 2.75) is 38.5 Å². The number of nitrogens with one attached hydrogen (secondary N) is 1. The van der Waals surface area contributed by atoms with Crippen LogP contribution in [0.4, 0.5) is 0 Å². The van der Waals surface area contributed by atoms with Gasteiger partial charge in [-0.15, -0.1) is 0 Å². The third kappa shape index (κ3) is 4.90. The van der Waals surface area contributed by atoms with Crippen LogP contribution in [-0.4, -0.2) is 53.7 Å². The Morgan fingerprint density at radius 2 is 1.96 bits per heavy atom. The Labute approximate surface area is 165 Å². The molecule has 2 aliphatic heterocycles. The van der Waals surface area contributed by atoms with Gasteiger partial charge in [-0.2, -0.15) is 4.98 Å². The predicted octanol–water partition coefficient (Wildman–Crippen LogP) is 2.67. The highest BCUT2D eigenvalue weighted by Crippen LogP contribution is 2.22. The molecule has 7 nitrogen and oxygen atoms in total. The van der Waals surface area contributed by atoms with Crippen molar-refractivity contribution in [3.05, 3.63) is 30.2 Å². The summed E-state index contributed by atoms with van der Waals surface area (Å²) in [7, 11) is 0. The molecule has 0 aliphatic carbocycles. The van der Waals surface area contributed by atoms with Crippen LogP contribution in [0, 0.1) is 5.92 Å². The van der Waals surface area contributed by atoms with Crippen LogP contribution in [-0.2, 0) is 11.2 Å². The Hall–Kier alpha value is -2.41. The van der Waals surface area contributed by atoms with E-state index in [2.05, 4.69) is 20.4 Å². The molecule has 1 atom stereocenters. The minimum Gasteiger partial charge on any atom is -0.492 e. The number of aromatic nitrogens is 2. The quantitative estimate of drug-likeness (QED) is 0.791. The Morgan fingerprint density at radius 1 is 1.14 bits per heavy atom. The van der Waals surface area contributed by atoms with Crippen molar-refractivity contribution in [3.63, 3.8) is 0 Å². The second kappa shape index (κ2) is 9.19. The van der Waals surface area contributed by atoms with E-state index in [1.165, 1.54) is 25.9 Å². The molecule has 2 saturated heterocycles. The standard InChI is InChI=1S/C21H28N4O3/c26-21-17(5-1-2-10-22-21)15-19-23-20(24-28-19)16-6-8-18(9-7-16)27-14-13-25-11-3-4-12-25/h6-9,17H,1-5,10-15H2,(H,22,26). The second-order valence-corrected chi connectivity index (χ2v) is 7.62. The van der Waals surface area contributed by atoms with E-state index in [9.17, 15) is 4.79 Å². The van der Waals surface area contributed by atoms with Crippen molar-refractivity contribution in [2.24, 2.45) is 5.92 Å². The molecule has 150 valence electrons. The first-order valence-corrected chi connectivity index (χ1v) is 10.3. The maximum Gasteiger partial charge on any atom is 0.227 e. The Kier molecular flexibility index (Phi) is 6.21. The zero-order valence-electron chi connectivity index (χ0n) is 16.2. The van der Waals surface area contributed by atoms with Gasteiger partial charge >= 0.3 is 0 Å². The van der Waals surface area contributed by atoms with Gasteiger partial charge in [-0.3, -0.25) is 9.69 Å². The average Bonchev–Trinajstić information content (AvgIpc) is 3.35. The highest BCUT2D eigenvalue weighted by molar-refractivity contribution is 5.79. The fourth-order valence-electron chi connectivity index (χ4n) is 3.86. The molecule has 1 amide bonds. The Bertz CT molecular complexity index is 768. The molecule has 28 heavy (non-hydrogen) atoms. The van der Waals surface area contributed by atoms with E-state index in [0.717, 1.165) is 43.7 Å². The Balaban J connectivity index is 1.31. The zero-order valence-corrected chi connectivity index (χ0v) is 16.2. The lowest BCUT2D eigenvalue weighted by Crippen LogP contribution is -2.30. The van der Waals surface area contributed by atoms with Crippen LogP contribution in [0.5, 0.6) is 5.75 Å². The maximum absolute atomic E-state index is 12.1. The first-order chi connectivity index (χ1) is 13.8. The number of rotatable bonds is 7. The van der Waals surface area contributed by atoms with Gasteiger partial charge in [0.1, 0.15) is 12.4 Å². The summed E-state index contributed by atoms with van der Waals surface area (Å²) in [5.74, 6) is 1.92. The molecule has 1 unspecified atom stereocenters. The number of nitrogens with zero attached hydrogens (tertiary/aromatic N) is 3. The van der Waals surface area contributed by atoms with Crippen LogP contribution in [0.15, 0.2) is 28.8 Å². The summed E-state index contributed by atoms with van der Waals surface area (Å²) in [5.41, 5.74) is 0.882. The molecular formula is C21H28N4O3. The van der Waals surface area contributed by atoms with Gasteiger partial charge in [-0.25, -0.2) is 0 Å². The van der Waals surface area contributed by atoms with Gasteiger partial charge in [0, 0.05) is 31.0 Å². The molecule has 1 aromatic heterocycles. The number of carbonyl (C=O) groups is 1. The largest absolute Gasteiger partial charge is 0.492 e. The minimum absolute atomic E-state index is 0.0813. The van der Waals surface area contributed by atoms with Crippen molar-refractivity contribution in [1.82, 2.24) is 20.4 Å². The fraction of sp³-hybridized carbons (Fsp3) is 0.571. The lowest BCUT2D eigenvalue weighted by molar-refractivity contribution is -0.124. The highest BCUT2D eigenvalue weighted by Gasteiger charge is 2.23. The monoisotopic (exact) mass is 384 g/mol. The number of likely N-dealkylation sites (tertiary alicyclic amines) is 1. The topological polar surface area (TPSA) is 80.5 Å². The number of amides is 1. The summed E-state index contributed by atoms with van der Waals surface area (Å²) in [5, 5.41) is 7.03. The molecule has 1 aromatic carbocycles. The maximum atomic E-state index is 12.1. The molecule has 0 radical (unpaired) electrons. The Morgan fingerprint density at radius 3 is 2.79 bits per heavy atom. The van der Waals surface area contributed by atoms with Crippen molar-refractivity contribution in [1.29, 1.82) is 0 Å². The van der Waals surface area contributed by atoms with E-state index >= 15 is 0 Å². The van der Waals surface area contributed by atoms with Gasteiger partial charge in [-0.05, 0) is 63.0 Å². The van der Waals surface area contributed by atoms with Gasteiger partial charge in [0.25, 0.3) is 0 Å². The van der Waals surface area contributed by atoms with E-state index in [-0.39, 0.29) is 11.8 Å². The fourth-order valence-corrected chi connectivity index (χ4v) is 3.86. The van der Waals surface area contributed by atoms with E-state index in [0.29, 0.717) is 24.7 Å². The molecule has 2 aromatic rings. The lowest BCUT2D eigenvalue weighted by Gasteiger charge is -2.14. The highest BCUT2D eigenvalue weighted by atomic mass is 16.5. The van der Waals surface area contributed by atoms with Gasteiger partial charge in [-0.1, -0.05) is 11.6 Å². The molecule has 0 bridgehead atoms. The summed E-state index contributed by atoms with van der Waals surface area (Å²) in [6.45, 7) is 4.81. The summed E-state index contributed by atoms with van der Waals surface area (Å²) in [6, 6.07) is 7.76. The first kappa shape index (κ1) is 18.9.